The quantitative estimate of drug-likeness (QED) is 0.665. The Kier molecular flexibility index (Phi) is 4.73. The van der Waals surface area contributed by atoms with Crippen LogP contribution >= 0.6 is 0 Å². The fourth-order valence-corrected chi connectivity index (χ4v) is 2.04. The van der Waals surface area contributed by atoms with E-state index in [1.165, 1.54) is 12.1 Å². The summed E-state index contributed by atoms with van der Waals surface area (Å²) < 4.78 is 0. The van der Waals surface area contributed by atoms with Crippen molar-refractivity contribution in [3.05, 3.63) is 69.8 Å². The number of nitro groups is 1. The van der Waals surface area contributed by atoms with Gasteiger partial charge in [-0.2, -0.15) is 0 Å². The van der Waals surface area contributed by atoms with Crippen molar-refractivity contribution in [1.82, 2.24) is 5.32 Å². The van der Waals surface area contributed by atoms with Gasteiger partial charge in [0.1, 0.15) is 0 Å². The minimum Gasteiger partial charge on any atom is -0.331 e. The molecule has 0 bridgehead atoms. The number of urea groups is 1. The maximum absolute atomic E-state index is 12.0. The van der Waals surface area contributed by atoms with E-state index in [1.807, 2.05) is 37.3 Å². The molecule has 2 N–H and O–H groups in total. The maximum atomic E-state index is 12.0. The van der Waals surface area contributed by atoms with Crippen LogP contribution in [0.1, 0.15) is 24.1 Å². The normalized spacial score (nSPS) is 11.5. The second-order valence-corrected chi connectivity index (χ2v) is 4.99. The van der Waals surface area contributed by atoms with Crippen LogP contribution in [0.2, 0.25) is 0 Å². The predicted molar refractivity (Wildman–Crippen MR) is 84.8 cm³/mol. The number of aryl methyl sites for hydroxylation is 1. The van der Waals surface area contributed by atoms with Crippen molar-refractivity contribution < 1.29 is 9.72 Å². The van der Waals surface area contributed by atoms with Crippen LogP contribution in [0.4, 0.5) is 16.2 Å². The zero-order valence-electron chi connectivity index (χ0n) is 12.4. The Hall–Kier alpha value is -2.89. The molecule has 6 heteroatoms. The third-order valence-corrected chi connectivity index (χ3v) is 3.33. The first kappa shape index (κ1) is 15.5. The van der Waals surface area contributed by atoms with Crippen LogP contribution in [0.25, 0.3) is 0 Å². The lowest BCUT2D eigenvalue weighted by Gasteiger charge is -2.15. The number of amides is 2. The molecule has 0 saturated heterocycles. The van der Waals surface area contributed by atoms with E-state index >= 15 is 0 Å². The van der Waals surface area contributed by atoms with E-state index in [2.05, 4.69) is 10.6 Å². The van der Waals surface area contributed by atoms with E-state index in [0.29, 0.717) is 5.69 Å². The molecular weight excluding hydrogens is 282 g/mol. The predicted octanol–water partition coefficient (Wildman–Crippen LogP) is 3.79. The van der Waals surface area contributed by atoms with E-state index in [0.717, 1.165) is 11.1 Å². The van der Waals surface area contributed by atoms with E-state index in [9.17, 15) is 14.9 Å². The number of carbonyl (C=O) groups excluding carboxylic acids is 1. The minimum atomic E-state index is -0.491. The number of hydrogen-bond acceptors (Lipinski definition) is 3. The number of rotatable bonds is 4. The monoisotopic (exact) mass is 299 g/mol. The Labute approximate surface area is 128 Å². The van der Waals surface area contributed by atoms with Crippen molar-refractivity contribution >= 4 is 17.4 Å². The summed E-state index contributed by atoms with van der Waals surface area (Å²) in [6, 6.07) is 13.3. The third-order valence-electron chi connectivity index (χ3n) is 3.33. The zero-order valence-corrected chi connectivity index (χ0v) is 12.4. The summed E-state index contributed by atoms with van der Waals surface area (Å²) in [5.74, 6) is 0. The highest BCUT2D eigenvalue weighted by Gasteiger charge is 2.13. The van der Waals surface area contributed by atoms with Crippen molar-refractivity contribution in [3.8, 4) is 0 Å². The number of benzene rings is 2. The van der Waals surface area contributed by atoms with Crippen LogP contribution < -0.4 is 10.6 Å². The number of hydrogen-bond donors (Lipinski definition) is 2. The second kappa shape index (κ2) is 6.71. The topological polar surface area (TPSA) is 84.3 Å². The smallest absolute Gasteiger partial charge is 0.319 e. The number of nitro benzene ring substituents is 1. The van der Waals surface area contributed by atoms with Gasteiger partial charge in [-0.15, -0.1) is 0 Å². The Morgan fingerprint density at radius 2 is 1.86 bits per heavy atom. The minimum absolute atomic E-state index is 0.0583. The molecule has 2 amide bonds. The molecule has 2 aromatic carbocycles. The van der Waals surface area contributed by atoms with Crippen LogP contribution in [0.3, 0.4) is 0 Å². The molecule has 0 aliphatic heterocycles. The van der Waals surface area contributed by atoms with Crippen LogP contribution in [-0.2, 0) is 0 Å². The molecule has 2 aromatic rings. The van der Waals surface area contributed by atoms with E-state index < -0.39 is 11.0 Å². The molecule has 0 fully saturated rings. The summed E-state index contributed by atoms with van der Waals surface area (Å²) in [4.78, 5) is 22.3. The van der Waals surface area contributed by atoms with E-state index in [4.69, 9.17) is 0 Å². The van der Waals surface area contributed by atoms with Gasteiger partial charge in [-0.1, -0.05) is 36.4 Å². The molecule has 2 rings (SSSR count). The highest BCUT2D eigenvalue weighted by molar-refractivity contribution is 5.90. The Bertz CT molecular complexity index is 686. The van der Waals surface area contributed by atoms with Gasteiger partial charge in [0.2, 0.25) is 0 Å². The summed E-state index contributed by atoms with van der Waals surface area (Å²) in [7, 11) is 0. The molecule has 0 aromatic heterocycles. The molecule has 6 nitrogen and oxygen atoms in total. The van der Waals surface area contributed by atoms with Crippen molar-refractivity contribution in [1.29, 1.82) is 0 Å². The number of nitrogens with one attached hydrogen (secondary N) is 2. The van der Waals surface area contributed by atoms with Gasteiger partial charge >= 0.3 is 6.03 Å². The lowest BCUT2D eigenvalue weighted by atomic mass is 10.1. The molecule has 0 aliphatic rings. The molecule has 0 radical (unpaired) electrons. The van der Waals surface area contributed by atoms with Crippen LogP contribution in [0.5, 0.6) is 0 Å². The van der Waals surface area contributed by atoms with Crippen molar-refractivity contribution in [2.75, 3.05) is 5.32 Å². The molecule has 0 spiro atoms. The molecule has 1 atom stereocenters. The summed E-state index contributed by atoms with van der Waals surface area (Å²) in [5, 5.41) is 16.2. The van der Waals surface area contributed by atoms with Gasteiger partial charge in [0.15, 0.2) is 0 Å². The second-order valence-electron chi connectivity index (χ2n) is 4.99. The Morgan fingerprint density at radius 3 is 2.50 bits per heavy atom. The average Bonchev–Trinajstić information content (AvgIpc) is 2.50. The molecule has 0 aliphatic carbocycles. The summed E-state index contributed by atoms with van der Waals surface area (Å²) in [5.41, 5.74) is 2.10. The van der Waals surface area contributed by atoms with Crippen LogP contribution in [0, 0.1) is 17.0 Å². The summed E-state index contributed by atoms with van der Waals surface area (Å²) in [6.45, 7) is 3.65. The highest BCUT2D eigenvalue weighted by Crippen LogP contribution is 2.22. The molecule has 0 unspecified atom stereocenters. The molecule has 22 heavy (non-hydrogen) atoms. The number of carbonyl (C=O) groups is 1. The van der Waals surface area contributed by atoms with E-state index in [-0.39, 0.29) is 11.7 Å². The SMILES string of the molecule is Cc1ccc([N+](=O)[O-])cc1NC(=O)N[C@H](C)c1ccccc1. The molecular formula is C16H17N3O3. The van der Waals surface area contributed by atoms with Gasteiger partial charge in [0, 0.05) is 12.1 Å². The Balaban J connectivity index is 2.06. The van der Waals surface area contributed by atoms with E-state index in [1.54, 1.807) is 13.0 Å². The van der Waals surface area contributed by atoms with Gasteiger partial charge in [0.05, 0.1) is 16.7 Å². The van der Waals surface area contributed by atoms with Crippen LogP contribution in [0.15, 0.2) is 48.5 Å². The molecule has 0 heterocycles. The first-order valence-corrected chi connectivity index (χ1v) is 6.85. The van der Waals surface area contributed by atoms with Gasteiger partial charge in [-0.25, -0.2) is 4.79 Å². The summed E-state index contributed by atoms with van der Waals surface area (Å²) >= 11 is 0. The maximum Gasteiger partial charge on any atom is 0.319 e. The fraction of sp³-hybridized carbons (Fsp3) is 0.188. The Morgan fingerprint density at radius 1 is 1.18 bits per heavy atom. The number of nitrogens with zero attached hydrogens (tertiary/aromatic N) is 1. The summed E-state index contributed by atoms with van der Waals surface area (Å²) in [6.07, 6.45) is 0. The van der Waals surface area contributed by atoms with Gasteiger partial charge in [-0.3, -0.25) is 10.1 Å². The van der Waals surface area contributed by atoms with Gasteiger partial charge < -0.3 is 10.6 Å². The molecule has 0 saturated carbocycles. The lowest BCUT2D eigenvalue weighted by molar-refractivity contribution is -0.384. The number of non-ortho nitro benzene ring substituents is 1. The molecule has 114 valence electrons. The standard InChI is InChI=1S/C16H17N3O3/c1-11-8-9-14(19(21)22)10-15(11)18-16(20)17-12(2)13-6-4-3-5-7-13/h3-10,12H,1-2H3,(H2,17,18,20)/t12-/m1/s1. The average molecular weight is 299 g/mol. The van der Waals surface area contributed by atoms with Crippen molar-refractivity contribution in [2.24, 2.45) is 0 Å². The lowest BCUT2D eigenvalue weighted by Crippen LogP contribution is -2.31. The van der Waals surface area contributed by atoms with Gasteiger partial charge in [-0.05, 0) is 25.0 Å². The third kappa shape index (κ3) is 3.82. The van der Waals surface area contributed by atoms with Crippen molar-refractivity contribution in [3.63, 3.8) is 0 Å². The fourth-order valence-electron chi connectivity index (χ4n) is 2.04. The van der Waals surface area contributed by atoms with Gasteiger partial charge in [0.25, 0.3) is 5.69 Å². The first-order valence-electron chi connectivity index (χ1n) is 6.85. The van der Waals surface area contributed by atoms with Crippen molar-refractivity contribution in [2.45, 2.75) is 19.9 Å². The highest BCUT2D eigenvalue weighted by atomic mass is 16.6. The van der Waals surface area contributed by atoms with Crippen LogP contribution in [-0.4, -0.2) is 11.0 Å². The number of anilines is 1. The first-order chi connectivity index (χ1) is 10.5. The zero-order chi connectivity index (χ0) is 16.1. The largest absolute Gasteiger partial charge is 0.331 e.